The van der Waals surface area contributed by atoms with E-state index in [1.165, 1.54) is 12.8 Å². The van der Waals surface area contributed by atoms with E-state index >= 15 is 0 Å². The fourth-order valence-electron chi connectivity index (χ4n) is 3.45. The first kappa shape index (κ1) is 21.1. The molecule has 3 heterocycles. The van der Waals surface area contributed by atoms with Gasteiger partial charge in [0.1, 0.15) is 12.4 Å². The van der Waals surface area contributed by atoms with Crippen molar-refractivity contribution in [3.63, 3.8) is 0 Å². The van der Waals surface area contributed by atoms with Gasteiger partial charge >= 0.3 is 0 Å². The van der Waals surface area contributed by atoms with Crippen molar-refractivity contribution in [1.29, 1.82) is 0 Å². The average Bonchev–Trinajstić information content (AvgIpc) is 3.46. The third-order valence-electron chi connectivity index (χ3n) is 4.96. The second-order valence-corrected chi connectivity index (χ2v) is 6.89. The van der Waals surface area contributed by atoms with Crippen molar-refractivity contribution in [2.45, 2.75) is 25.4 Å². The molecule has 2 aromatic rings. The highest BCUT2D eigenvalue weighted by molar-refractivity contribution is 5.79. The van der Waals surface area contributed by atoms with E-state index in [1.807, 2.05) is 24.3 Å². The number of nitrogens with zero attached hydrogens (tertiary/aromatic N) is 3. The van der Waals surface area contributed by atoms with Crippen molar-refractivity contribution in [2.75, 3.05) is 47.0 Å². The van der Waals surface area contributed by atoms with Crippen LogP contribution in [0.25, 0.3) is 0 Å². The van der Waals surface area contributed by atoms with E-state index < -0.39 is 0 Å². The van der Waals surface area contributed by atoms with Crippen molar-refractivity contribution in [1.82, 2.24) is 20.5 Å². The third kappa shape index (κ3) is 6.20. The minimum absolute atomic E-state index is 0.192. The van der Waals surface area contributed by atoms with Gasteiger partial charge in [-0.1, -0.05) is 6.07 Å². The molecular formula is C21H31N5O3. The van der Waals surface area contributed by atoms with Crippen molar-refractivity contribution in [3.8, 4) is 5.88 Å². The van der Waals surface area contributed by atoms with Gasteiger partial charge in [0.15, 0.2) is 5.96 Å². The highest BCUT2D eigenvalue weighted by Crippen LogP contribution is 2.24. The summed E-state index contributed by atoms with van der Waals surface area (Å²) < 4.78 is 16.4. The summed E-state index contributed by atoms with van der Waals surface area (Å²) >= 11 is 0. The molecule has 0 saturated carbocycles. The van der Waals surface area contributed by atoms with Crippen LogP contribution in [-0.2, 0) is 11.3 Å². The average molecular weight is 402 g/mol. The largest absolute Gasteiger partial charge is 0.475 e. The summed E-state index contributed by atoms with van der Waals surface area (Å²) in [5, 5.41) is 6.78. The predicted octanol–water partition coefficient (Wildman–Crippen LogP) is 2.20. The smallest absolute Gasteiger partial charge is 0.218 e. The second kappa shape index (κ2) is 11.4. The van der Waals surface area contributed by atoms with Crippen LogP contribution in [0.1, 0.15) is 30.2 Å². The zero-order valence-corrected chi connectivity index (χ0v) is 17.3. The zero-order chi connectivity index (χ0) is 20.3. The van der Waals surface area contributed by atoms with Gasteiger partial charge in [0.25, 0.3) is 0 Å². The van der Waals surface area contributed by atoms with Crippen LogP contribution in [0.3, 0.4) is 0 Å². The van der Waals surface area contributed by atoms with E-state index in [0.717, 1.165) is 36.9 Å². The molecule has 1 aliphatic heterocycles. The molecule has 1 unspecified atom stereocenters. The Hall–Kier alpha value is -2.58. The standard InChI is InChI=1S/C21H31N5O3/c1-22-21(24-15-17-7-5-9-23-20(17)29-14-13-27-2)25-16-18(19-8-6-12-28-19)26-10-3-4-11-26/h5-9,12,18H,3-4,10-11,13-16H2,1-2H3,(H2,22,24,25). The minimum atomic E-state index is 0.192. The molecule has 0 spiro atoms. The maximum absolute atomic E-state index is 5.70. The van der Waals surface area contributed by atoms with E-state index in [2.05, 4.69) is 25.5 Å². The van der Waals surface area contributed by atoms with Crippen molar-refractivity contribution in [3.05, 3.63) is 48.0 Å². The van der Waals surface area contributed by atoms with Gasteiger partial charge in [0.2, 0.25) is 5.88 Å². The van der Waals surface area contributed by atoms with Crippen LogP contribution in [0.4, 0.5) is 0 Å². The Morgan fingerprint density at radius 2 is 2.10 bits per heavy atom. The van der Waals surface area contributed by atoms with Crippen molar-refractivity contribution in [2.24, 2.45) is 4.99 Å². The Morgan fingerprint density at radius 3 is 2.83 bits per heavy atom. The number of hydrogen-bond acceptors (Lipinski definition) is 6. The lowest BCUT2D eigenvalue weighted by Gasteiger charge is -2.26. The molecule has 2 N–H and O–H groups in total. The van der Waals surface area contributed by atoms with Crippen LogP contribution in [0, 0.1) is 0 Å². The molecule has 1 aliphatic rings. The van der Waals surface area contributed by atoms with Crippen LogP contribution in [0.15, 0.2) is 46.1 Å². The number of guanidine groups is 1. The van der Waals surface area contributed by atoms with E-state index in [9.17, 15) is 0 Å². The Kier molecular flexibility index (Phi) is 8.33. The fourth-order valence-corrected chi connectivity index (χ4v) is 3.45. The molecule has 0 radical (unpaired) electrons. The number of hydrogen-bond donors (Lipinski definition) is 2. The second-order valence-electron chi connectivity index (χ2n) is 6.89. The lowest BCUT2D eigenvalue weighted by molar-refractivity contribution is 0.143. The lowest BCUT2D eigenvalue weighted by atomic mass is 10.2. The highest BCUT2D eigenvalue weighted by atomic mass is 16.5. The molecule has 0 aliphatic carbocycles. The van der Waals surface area contributed by atoms with Gasteiger partial charge in [-0.3, -0.25) is 9.89 Å². The molecule has 1 fully saturated rings. The maximum Gasteiger partial charge on any atom is 0.218 e. The van der Waals surface area contributed by atoms with E-state index in [4.69, 9.17) is 13.9 Å². The third-order valence-corrected chi connectivity index (χ3v) is 4.96. The monoisotopic (exact) mass is 401 g/mol. The van der Waals surface area contributed by atoms with Gasteiger partial charge in [-0.05, 0) is 44.1 Å². The fraction of sp³-hybridized carbons (Fsp3) is 0.524. The Bertz CT molecular complexity index is 745. The Labute approximate surface area is 172 Å². The number of nitrogens with one attached hydrogen (secondary N) is 2. The van der Waals surface area contributed by atoms with Gasteiger partial charge < -0.3 is 24.5 Å². The topological polar surface area (TPSA) is 84.2 Å². The summed E-state index contributed by atoms with van der Waals surface area (Å²) in [6, 6.07) is 8.07. The molecule has 0 aromatic carbocycles. The van der Waals surface area contributed by atoms with Crippen LogP contribution >= 0.6 is 0 Å². The highest BCUT2D eigenvalue weighted by Gasteiger charge is 2.25. The molecule has 0 bridgehead atoms. The first-order valence-electron chi connectivity index (χ1n) is 10.1. The normalized spacial score (nSPS) is 16.0. The molecule has 3 rings (SSSR count). The van der Waals surface area contributed by atoms with E-state index in [1.54, 1.807) is 26.6 Å². The first-order chi connectivity index (χ1) is 14.3. The summed E-state index contributed by atoms with van der Waals surface area (Å²) in [5.41, 5.74) is 0.966. The SMILES string of the molecule is CN=C(NCc1cccnc1OCCOC)NCC(c1ccco1)N1CCCC1. The van der Waals surface area contributed by atoms with Crippen LogP contribution < -0.4 is 15.4 Å². The molecule has 1 atom stereocenters. The van der Waals surface area contributed by atoms with Crippen molar-refractivity contribution < 1.29 is 13.9 Å². The summed E-state index contributed by atoms with van der Waals surface area (Å²) in [5.74, 6) is 2.32. The number of rotatable bonds is 10. The number of aromatic nitrogens is 1. The number of aliphatic imine (C=N–C) groups is 1. The minimum Gasteiger partial charge on any atom is -0.475 e. The first-order valence-corrected chi connectivity index (χ1v) is 10.1. The Balaban J connectivity index is 1.55. The quantitative estimate of drug-likeness (QED) is 0.359. The molecule has 2 aromatic heterocycles. The molecular weight excluding hydrogens is 370 g/mol. The molecule has 8 nitrogen and oxygen atoms in total. The van der Waals surface area contributed by atoms with E-state index in [-0.39, 0.29) is 6.04 Å². The zero-order valence-electron chi connectivity index (χ0n) is 17.3. The lowest BCUT2D eigenvalue weighted by Crippen LogP contribution is -2.42. The number of furan rings is 1. The van der Waals surface area contributed by atoms with Crippen LogP contribution in [-0.4, -0.2) is 62.8 Å². The summed E-state index contributed by atoms with van der Waals surface area (Å²) in [6.45, 7) is 4.46. The number of ether oxygens (including phenoxy) is 2. The van der Waals surface area contributed by atoms with Gasteiger partial charge in [-0.15, -0.1) is 0 Å². The number of methoxy groups -OCH3 is 1. The van der Waals surface area contributed by atoms with Crippen molar-refractivity contribution >= 4 is 5.96 Å². The number of likely N-dealkylation sites (tertiary alicyclic amines) is 1. The maximum atomic E-state index is 5.70. The predicted molar refractivity (Wildman–Crippen MR) is 112 cm³/mol. The Morgan fingerprint density at radius 1 is 1.24 bits per heavy atom. The molecule has 158 valence electrons. The van der Waals surface area contributed by atoms with E-state index in [0.29, 0.717) is 25.6 Å². The molecule has 0 amide bonds. The summed E-state index contributed by atoms with van der Waals surface area (Å²) in [6.07, 6.45) is 5.93. The van der Waals surface area contributed by atoms with Gasteiger partial charge in [-0.25, -0.2) is 4.98 Å². The van der Waals surface area contributed by atoms with Gasteiger partial charge in [0.05, 0.1) is 18.9 Å². The van der Waals surface area contributed by atoms with Crippen LogP contribution in [0.2, 0.25) is 0 Å². The number of pyridine rings is 1. The van der Waals surface area contributed by atoms with Crippen LogP contribution in [0.5, 0.6) is 5.88 Å². The molecule has 29 heavy (non-hydrogen) atoms. The summed E-state index contributed by atoms with van der Waals surface area (Å²) in [4.78, 5) is 11.1. The molecule has 1 saturated heterocycles. The van der Waals surface area contributed by atoms with Gasteiger partial charge in [0, 0.05) is 39.0 Å². The summed E-state index contributed by atoms with van der Waals surface area (Å²) in [7, 11) is 3.42. The van der Waals surface area contributed by atoms with Gasteiger partial charge in [-0.2, -0.15) is 0 Å². The molecule has 8 heteroatoms.